The Balaban J connectivity index is 1.33. The van der Waals surface area contributed by atoms with E-state index in [4.69, 9.17) is 15.7 Å². The third kappa shape index (κ3) is 5.29. The molecule has 6 aromatic rings. The summed E-state index contributed by atoms with van der Waals surface area (Å²) in [7, 11) is 1.15. The fourth-order valence-corrected chi connectivity index (χ4v) is 4.77. The number of halogens is 1. The van der Waals surface area contributed by atoms with Crippen LogP contribution in [0.2, 0.25) is 0 Å². The number of imidazole rings is 1. The third-order valence-corrected chi connectivity index (χ3v) is 6.95. The van der Waals surface area contributed by atoms with E-state index >= 15 is 0 Å². The number of fused-ring (bicyclic) bond motifs is 1. The van der Waals surface area contributed by atoms with E-state index in [2.05, 4.69) is 15.0 Å². The van der Waals surface area contributed by atoms with Crippen molar-refractivity contribution >= 4 is 28.9 Å². The van der Waals surface area contributed by atoms with Crippen molar-refractivity contribution in [1.82, 2.24) is 24.8 Å². The number of rotatable bonds is 7. The zero-order valence-electron chi connectivity index (χ0n) is 23.0. The first-order valence-corrected chi connectivity index (χ1v) is 13.3. The highest BCUT2D eigenvalue weighted by atomic mass is 19.1. The van der Waals surface area contributed by atoms with E-state index in [9.17, 15) is 14.0 Å². The fourth-order valence-electron chi connectivity index (χ4n) is 4.77. The summed E-state index contributed by atoms with van der Waals surface area (Å²) < 4.78 is 21.3. The monoisotopic (exact) mass is 572 g/mol. The fraction of sp³-hybridized carbons (Fsp3) is 0.0606. The topological polar surface area (TPSA) is 125 Å². The highest BCUT2D eigenvalue weighted by Crippen LogP contribution is 2.31. The van der Waals surface area contributed by atoms with Crippen LogP contribution in [-0.2, 0) is 11.3 Å². The first kappa shape index (κ1) is 27.3. The Morgan fingerprint density at radius 1 is 0.884 bits per heavy atom. The molecule has 0 fully saturated rings. The highest BCUT2D eigenvalue weighted by Gasteiger charge is 2.21. The van der Waals surface area contributed by atoms with Gasteiger partial charge in [0, 0.05) is 24.0 Å². The van der Waals surface area contributed by atoms with Crippen LogP contribution in [0.25, 0.3) is 39.5 Å². The number of ether oxygens (including phenoxy) is 1. The van der Waals surface area contributed by atoms with Crippen LogP contribution in [0.4, 0.5) is 10.2 Å². The molecule has 3 N–H and O–H groups in total. The molecule has 0 unspecified atom stereocenters. The average Bonchev–Trinajstić information content (AvgIpc) is 3.42. The zero-order chi connectivity index (χ0) is 29.9. The van der Waals surface area contributed by atoms with Crippen molar-refractivity contribution in [2.24, 2.45) is 0 Å². The summed E-state index contributed by atoms with van der Waals surface area (Å²) in [5.74, 6) is -1.52. The Hall–Kier alpha value is -5.90. The molecule has 0 radical (unpaired) electrons. The number of hydrogen-bond acceptors (Lipinski definition) is 7. The van der Waals surface area contributed by atoms with Gasteiger partial charge < -0.3 is 15.8 Å². The van der Waals surface area contributed by atoms with Crippen LogP contribution in [0.15, 0.2) is 103 Å². The number of carbonyl (C=O) groups excluding carboxylic acids is 2. The average molecular weight is 573 g/mol. The maximum atomic E-state index is 14.8. The van der Waals surface area contributed by atoms with Crippen LogP contribution in [0.5, 0.6) is 0 Å². The second kappa shape index (κ2) is 11.5. The number of amides is 1. The number of aromatic nitrogens is 4. The van der Waals surface area contributed by atoms with Gasteiger partial charge >= 0.3 is 5.97 Å². The van der Waals surface area contributed by atoms with Gasteiger partial charge in [-0.1, -0.05) is 48.5 Å². The van der Waals surface area contributed by atoms with Crippen LogP contribution < -0.4 is 11.1 Å². The number of nitrogens with one attached hydrogen (secondary N) is 1. The van der Waals surface area contributed by atoms with Crippen molar-refractivity contribution in [2.45, 2.75) is 6.54 Å². The van der Waals surface area contributed by atoms with E-state index in [1.807, 2.05) is 77.4 Å². The number of methoxy groups -OCH3 is 1. The van der Waals surface area contributed by atoms with E-state index in [0.29, 0.717) is 28.4 Å². The molecule has 9 nitrogen and oxygen atoms in total. The second-order valence-corrected chi connectivity index (χ2v) is 9.62. The van der Waals surface area contributed by atoms with Gasteiger partial charge in [0.1, 0.15) is 17.2 Å². The number of hydrogen-bond donors (Lipinski definition) is 2. The lowest BCUT2D eigenvalue weighted by molar-refractivity contribution is 0.0595. The Morgan fingerprint density at radius 3 is 2.40 bits per heavy atom. The number of benzene rings is 3. The summed E-state index contributed by atoms with van der Waals surface area (Å²) >= 11 is 0. The predicted octanol–water partition coefficient (Wildman–Crippen LogP) is 5.59. The van der Waals surface area contributed by atoms with Crippen molar-refractivity contribution in [3.8, 4) is 28.3 Å². The van der Waals surface area contributed by atoms with Crippen LogP contribution in [-0.4, -0.2) is 38.5 Å². The van der Waals surface area contributed by atoms with Gasteiger partial charge in [0.15, 0.2) is 11.5 Å². The molecular weight excluding hydrogens is 547 g/mol. The van der Waals surface area contributed by atoms with Crippen molar-refractivity contribution in [3.63, 3.8) is 0 Å². The maximum absolute atomic E-state index is 14.8. The minimum Gasteiger partial charge on any atom is -0.465 e. The standard InChI is InChI=1S/C33H25FN6O3/c1-43-33(42)24-10-5-9-23(28(24)34)32(41)37-19-20-12-14-22(15-13-20)40-30(25-11-6-18-36-29(25)35)39-27-17-16-26(38-31(27)40)21-7-3-2-4-8-21/h2-18H,19H2,1H3,(H2,35,36)(H,37,41). The molecule has 3 aromatic carbocycles. The molecule has 0 aliphatic carbocycles. The van der Waals surface area contributed by atoms with Crippen LogP contribution in [0.3, 0.4) is 0 Å². The van der Waals surface area contributed by atoms with Gasteiger partial charge in [0.2, 0.25) is 0 Å². The largest absolute Gasteiger partial charge is 0.465 e. The lowest BCUT2D eigenvalue weighted by atomic mass is 10.1. The van der Waals surface area contributed by atoms with Crippen molar-refractivity contribution < 1.29 is 18.7 Å². The Kier molecular flexibility index (Phi) is 7.32. The van der Waals surface area contributed by atoms with Gasteiger partial charge in [-0.25, -0.2) is 24.1 Å². The molecule has 10 heteroatoms. The van der Waals surface area contributed by atoms with E-state index in [0.717, 1.165) is 29.6 Å². The molecule has 3 heterocycles. The number of esters is 1. The summed E-state index contributed by atoms with van der Waals surface area (Å²) in [5, 5.41) is 2.71. The van der Waals surface area contributed by atoms with E-state index < -0.39 is 17.7 Å². The Labute approximate surface area is 245 Å². The summed E-state index contributed by atoms with van der Waals surface area (Å²) in [6.07, 6.45) is 1.62. The molecule has 212 valence electrons. The number of nitrogen functional groups attached to an aromatic ring is 1. The minimum absolute atomic E-state index is 0.129. The first-order valence-electron chi connectivity index (χ1n) is 13.3. The molecule has 43 heavy (non-hydrogen) atoms. The first-order chi connectivity index (χ1) is 20.9. The van der Waals surface area contributed by atoms with E-state index in [1.165, 1.54) is 18.2 Å². The van der Waals surface area contributed by atoms with Gasteiger partial charge in [-0.3, -0.25) is 9.36 Å². The Morgan fingerprint density at radius 2 is 1.65 bits per heavy atom. The molecule has 0 spiro atoms. The van der Waals surface area contributed by atoms with Crippen LogP contribution in [0.1, 0.15) is 26.3 Å². The minimum atomic E-state index is -0.932. The molecule has 3 aromatic heterocycles. The second-order valence-electron chi connectivity index (χ2n) is 9.62. The van der Waals surface area contributed by atoms with Crippen LogP contribution >= 0.6 is 0 Å². The number of carbonyl (C=O) groups is 2. The molecule has 0 atom stereocenters. The molecule has 0 bridgehead atoms. The molecule has 0 saturated carbocycles. The molecule has 0 aliphatic heterocycles. The lowest BCUT2D eigenvalue weighted by Gasteiger charge is -2.12. The SMILES string of the molecule is COC(=O)c1cccc(C(=O)NCc2ccc(-n3c(-c4cccnc4N)nc4ccc(-c5ccccc5)nc43)cc2)c1F. The molecule has 0 aliphatic rings. The number of nitrogens with zero attached hydrogens (tertiary/aromatic N) is 4. The molecule has 0 saturated heterocycles. The number of pyridine rings is 2. The third-order valence-electron chi connectivity index (χ3n) is 6.95. The summed E-state index contributed by atoms with van der Waals surface area (Å²) in [4.78, 5) is 38.6. The van der Waals surface area contributed by atoms with Gasteiger partial charge in [-0.15, -0.1) is 0 Å². The molecule has 6 rings (SSSR count). The van der Waals surface area contributed by atoms with Crippen molar-refractivity contribution in [2.75, 3.05) is 12.8 Å². The highest BCUT2D eigenvalue weighted by molar-refractivity contribution is 5.98. The van der Waals surface area contributed by atoms with Crippen molar-refractivity contribution in [3.05, 3.63) is 126 Å². The van der Waals surface area contributed by atoms with E-state index in [-0.39, 0.29) is 17.7 Å². The van der Waals surface area contributed by atoms with Gasteiger partial charge in [-0.05, 0) is 54.1 Å². The van der Waals surface area contributed by atoms with Gasteiger partial charge in [0.05, 0.1) is 29.5 Å². The lowest BCUT2D eigenvalue weighted by Crippen LogP contribution is -2.24. The number of anilines is 1. The quantitative estimate of drug-likeness (QED) is 0.239. The van der Waals surface area contributed by atoms with E-state index in [1.54, 1.807) is 12.3 Å². The normalized spacial score (nSPS) is 10.9. The maximum Gasteiger partial charge on any atom is 0.340 e. The predicted molar refractivity (Wildman–Crippen MR) is 161 cm³/mol. The van der Waals surface area contributed by atoms with Gasteiger partial charge in [0.25, 0.3) is 5.91 Å². The van der Waals surface area contributed by atoms with Crippen molar-refractivity contribution in [1.29, 1.82) is 0 Å². The zero-order valence-corrected chi connectivity index (χ0v) is 23.0. The summed E-state index contributed by atoms with van der Waals surface area (Å²) in [6, 6.07) is 28.8. The molecule has 1 amide bonds. The summed E-state index contributed by atoms with van der Waals surface area (Å²) in [5.41, 5.74) is 11.0. The Bertz CT molecular complexity index is 1970. The van der Waals surface area contributed by atoms with Gasteiger partial charge in [-0.2, -0.15) is 0 Å². The molecular formula is C33H25FN6O3. The summed E-state index contributed by atoms with van der Waals surface area (Å²) in [6.45, 7) is 0.129. The smallest absolute Gasteiger partial charge is 0.340 e. The van der Waals surface area contributed by atoms with Crippen LogP contribution in [0, 0.1) is 5.82 Å². The number of nitrogens with two attached hydrogens (primary N) is 1.